The average molecular weight is 852 g/mol. The normalized spacial score (nSPS) is 18.8. The second-order valence-corrected chi connectivity index (χ2v) is 17.3. The third-order valence-corrected chi connectivity index (χ3v) is 12.6. The van der Waals surface area contributed by atoms with Crippen molar-refractivity contribution < 1.29 is 36.0 Å². The molecule has 14 nitrogen and oxygen atoms in total. The van der Waals surface area contributed by atoms with Gasteiger partial charge in [0.15, 0.2) is 0 Å². The topological polar surface area (TPSA) is 169 Å². The number of hydrogen-bond donors (Lipinski definition) is 5. The maximum absolute atomic E-state index is 13.9. The summed E-state index contributed by atoms with van der Waals surface area (Å²) in [4.78, 5) is 49.1. The van der Waals surface area contributed by atoms with E-state index in [1.807, 2.05) is 36.4 Å². The Morgan fingerprint density at radius 3 is 2.42 bits per heavy atom. The first-order valence-corrected chi connectivity index (χ1v) is 21.5. The van der Waals surface area contributed by atoms with Crippen LogP contribution in [0, 0.1) is 0 Å². The van der Waals surface area contributed by atoms with Gasteiger partial charge in [0.05, 0.1) is 11.9 Å². The van der Waals surface area contributed by atoms with Crippen molar-refractivity contribution in [1.29, 1.82) is 0 Å². The first kappa shape index (κ1) is 41.7. The molecule has 3 aliphatic rings. The molecule has 3 amide bonds. The highest BCUT2D eigenvalue weighted by Crippen LogP contribution is 2.40. The molecule has 4 heterocycles. The van der Waals surface area contributed by atoms with E-state index in [0.29, 0.717) is 28.5 Å². The van der Waals surface area contributed by atoms with Crippen molar-refractivity contribution in [2.45, 2.75) is 62.3 Å². The van der Waals surface area contributed by atoms with Crippen molar-refractivity contribution in [1.82, 2.24) is 25.5 Å². The van der Waals surface area contributed by atoms with Crippen LogP contribution in [0.2, 0.25) is 0 Å². The number of nitrogens with zero attached hydrogens (tertiary/aromatic N) is 5. The molecule has 59 heavy (non-hydrogen) atoms. The van der Waals surface area contributed by atoms with Gasteiger partial charge in [-0.15, -0.1) is 12.6 Å². The van der Waals surface area contributed by atoms with Crippen molar-refractivity contribution in [3.63, 3.8) is 0 Å². The van der Waals surface area contributed by atoms with E-state index in [1.54, 1.807) is 30.3 Å². The number of fused-ring (bicyclic) bond motifs is 1. The van der Waals surface area contributed by atoms with Crippen LogP contribution >= 0.6 is 12.6 Å². The van der Waals surface area contributed by atoms with Gasteiger partial charge in [-0.1, -0.05) is 24.3 Å². The van der Waals surface area contributed by atoms with Crippen molar-refractivity contribution >= 4 is 69.2 Å². The quantitative estimate of drug-likeness (QED) is 0.0882. The van der Waals surface area contributed by atoms with Gasteiger partial charge in [-0.25, -0.2) is 13.4 Å². The Morgan fingerprint density at radius 1 is 0.983 bits per heavy atom. The van der Waals surface area contributed by atoms with E-state index in [0.717, 1.165) is 72.5 Å². The molecule has 0 bridgehead atoms. The number of imide groups is 1. The van der Waals surface area contributed by atoms with Crippen molar-refractivity contribution in [2.75, 3.05) is 52.8 Å². The molecular formula is C40H44F3N9O5S2. The summed E-state index contributed by atoms with van der Waals surface area (Å²) in [5, 5.41) is 11.1. The number of aromatic nitrogens is 2. The molecule has 3 aliphatic heterocycles. The predicted octanol–water partition coefficient (Wildman–Crippen LogP) is 5.24. The molecule has 4 N–H and O–H groups in total. The zero-order valence-electron chi connectivity index (χ0n) is 32.3. The van der Waals surface area contributed by atoms with Crippen molar-refractivity contribution in [2.24, 2.45) is 0 Å². The van der Waals surface area contributed by atoms with Crippen LogP contribution in [0.4, 0.5) is 42.0 Å². The molecule has 0 saturated carbocycles. The van der Waals surface area contributed by atoms with Crippen LogP contribution < -0.4 is 30.5 Å². The molecular weight excluding hydrogens is 808 g/mol. The summed E-state index contributed by atoms with van der Waals surface area (Å²) >= 11 is 4.69. The molecule has 7 rings (SSSR count). The number of hydrogen-bond acceptors (Lipinski definition) is 12. The molecule has 3 aromatic carbocycles. The van der Waals surface area contributed by atoms with E-state index < -0.39 is 44.9 Å². The fourth-order valence-corrected chi connectivity index (χ4v) is 8.48. The minimum absolute atomic E-state index is 0.0290. The van der Waals surface area contributed by atoms with E-state index in [9.17, 15) is 36.0 Å². The summed E-state index contributed by atoms with van der Waals surface area (Å²) in [7, 11) is -2.13. The number of sulfonamides is 1. The number of thiol groups is 1. The van der Waals surface area contributed by atoms with Crippen LogP contribution in [0.1, 0.15) is 63.7 Å². The van der Waals surface area contributed by atoms with Gasteiger partial charge in [-0.05, 0) is 91.4 Å². The number of carbonyl (C=O) groups is 3. The van der Waals surface area contributed by atoms with E-state index in [-0.39, 0.29) is 37.1 Å². The number of halogens is 3. The summed E-state index contributed by atoms with van der Waals surface area (Å²) < 4.78 is 66.7. The van der Waals surface area contributed by atoms with Crippen LogP contribution in [0.15, 0.2) is 72.9 Å². The second-order valence-electron chi connectivity index (χ2n) is 14.8. The SMILES string of the molecule is CN(c1cccc(CNc2nc(Nc3ccc(N4CCC(NCCc5ccc6c(c5)C(S)N(C5CCC(=O)NC5=O)C6=O)CC4)cc3)ncc2C(F)(F)F)c1)S(C)(=O)=O. The van der Waals surface area contributed by atoms with E-state index in [4.69, 9.17) is 12.6 Å². The second kappa shape index (κ2) is 17.1. The number of piperidine rings is 2. The lowest BCUT2D eigenvalue weighted by atomic mass is 10.0. The lowest BCUT2D eigenvalue weighted by molar-refractivity contribution is -0.138. The zero-order valence-corrected chi connectivity index (χ0v) is 34.0. The van der Waals surface area contributed by atoms with Crippen molar-refractivity contribution in [3.8, 4) is 0 Å². The smallest absolute Gasteiger partial charge is 0.371 e. The predicted molar refractivity (Wildman–Crippen MR) is 221 cm³/mol. The molecule has 312 valence electrons. The molecule has 4 aromatic rings. The Labute approximate surface area is 345 Å². The number of nitrogens with one attached hydrogen (secondary N) is 4. The molecule has 2 saturated heterocycles. The van der Waals surface area contributed by atoms with Crippen LogP contribution in [0.5, 0.6) is 0 Å². The minimum atomic E-state index is -4.71. The first-order valence-electron chi connectivity index (χ1n) is 19.1. The standard InChI is InChI=1S/C40H44F3N9O5S2/c1-50(59(2,56)57)29-5-3-4-25(20-29)22-45-35-32(40(41,42)43)23-46-39(49-35)47-27-7-9-28(10-8-27)51-18-15-26(16-19-51)44-17-14-24-6-11-30-31(21-24)38(58)52(37(30)55)33-12-13-34(53)48-36(33)54/h3-11,20-21,23,26,33,38,44,58H,12-19,22H2,1-2H3,(H,48,53,54)(H2,45,46,47,49). The van der Waals surface area contributed by atoms with Gasteiger partial charge in [0.25, 0.3) is 5.91 Å². The highest BCUT2D eigenvalue weighted by Gasteiger charge is 2.43. The number of benzene rings is 3. The lowest BCUT2D eigenvalue weighted by Gasteiger charge is -2.34. The van der Waals surface area contributed by atoms with Crippen LogP contribution in [-0.4, -0.2) is 86.0 Å². The molecule has 2 fully saturated rings. The number of alkyl halides is 3. The highest BCUT2D eigenvalue weighted by molar-refractivity contribution is 7.92. The van der Waals surface area contributed by atoms with Crippen LogP contribution in [0.3, 0.4) is 0 Å². The van der Waals surface area contributed by atoms with Gasteiger partial charge in [-0.2, -0.15) is 18.2 Å². The van der Waals surface area contributed by atoms with Crippen LogP contribution in [0.25, 0.3) is 0 Å². The lowest BCUT2D eigenvalue weighted by Crippen LogP contribution is -2.53. The third kappa shape index (κ3) is 9.57. The van der Waals surface area contributed by atoms with Gasteiger partial charge in [-0.3, -0.25) is 24.0 Å². The highest BCUT2D eigenvalue weighted by atomic mass is 32.2. The molecule has 2 atom stereocenters. The number of carbonyl (C=O) groups excluding carboxylic acids is 3. The fourth-order valence-electron chi connectivity index (χ4n) is 7.51. The molecule has 0 aliphatic carbocycles. The van der Waals surface area contributed by atoms with Crippen molar-refractivity contribution in [3.05, 3.63) is 101 Å². The summed E-state index contributed by atoms with van der Waals surface area (Å²) in [5.74, 6) is -1.51. The Balaban J connectivity index is 0.896. The van der Waals surface area contributed by atoms with E-state index >= 15 is 0 Å². The summed E-state index contributed by atoms with van der Waals surface area (Å²) in [5.41, 5.74) is 3.84. The Bertz CT molecular complexity index is 2340. The monoisotopic (exact) mass is 851 g/mol. The summed E-state index contributed by atoms with van der Waals surface area (Å²) in [6.07, 6.45) is 0.118. The zero-order chi connectivity index (χ0) is 42.1. The molecule has 19 heteroatoms. The molecule has 0 spiro atoms. The number of anilines is 5. The van der Waals surface area contributed by atoms with Gasteiger partial charge < -0.3 is 25.8 Å². The van der Waals surface area contributed by atoms with E-state index in [2.05, 4.69) is 36.1 Å². The summed E-state index contributed by atoms with van der Waals surface area (Å²) in [6.45, 7) is 2.35. The maximum Gasteiger partial charge on any atom is 0.421 e. The minimum Gasteiger partial charge on any atom is -0.371 e. The Hall–Kier alpha value is -5.40. The maximum atomic E-state index is 13.9. The molecule has 0 radical (unpaired) electrons. The van der Waals surface area contributed by atoms with Gasteiger partial charge >= 0.3 is 6.18 Å². The fraction of sp³-hybridized carbons (Fsp3) is 0.375. The van der Waals surface area contributed by atoms with E-state index in [1.165, 1.54) is 11.9 Å². The Kier molecular flexibility index (Phi) is 12.1. The molecule has 2 unspecified atom stereocenters. The van der Waals surface area contributed by atoms with Gasteiger partial charge in [0, 0.05) is 62.3 Å². The largest absolute Gasteiger partial charge is 0.421 e. The van der Waals surface area contributed by atoms with Crippen LogP contribution in [-0.2, 0) is 38.8 Å². The number of amides is 3. The van der Waals surface area contributed by atoms with Gasteiger partial charge in [0.2, 0.25) is 27.8 Å². The number of rotatable bonds is 13. The Morgan fingerprint density at radius 2 is 1.73 bits per heavy atom. The molecule has 1 aromatic heterocycles. The third-order valence-electron chi connectivity index (χ3n) is 10.8. The summed E-state index contributed by atoms with van der Waals surface area (Å²) in [6, 6.07) is 19.3. The first-order chi connectivity index (χ1) is 28.0. The average Bonchev–Trinajstić information content (AvgIpc) is 3.44. The van der Waals surface area contributed by atoms with Gasteiger partial charge in [0.1, 0.15) is 22.8 Å².